The number of alkyl halides is 3. The van der Waals surface area contributed by atoms with Crippen LogP contribution in [-0.2, 0) is 28.6 Å². The summed E-state index contributed by atoms with van der Waals surface area (Å²) in [5.41, 5.74) is -1.14. The Morgan fingerprint density at radius 3 is 2.58 bits per heavy atom. The van der Waals surface area contributed by atoms with Gasteiger partial charge in [0.25, 0.3) is 0 Å². The fraction of sp³-hybridized carbons (Fsp3) is 0.500. The lowest BCUT2D eigenvalue weighted by Gasteiger charge is -2.18. The molecular formula is C16H16F3N3O3S. The van der Waals surface area contributed by atoms with E-state index in [2.05, 4.69) is 10.3 Å². The minimum absolute atomic E-state index is 0.0752. The van der Waals surface area contributed by atoms with Gasteiger partial charge in [-0.15, -0.1) is 0 Å². The largest absolute Gasteiger partial charge is 0.480 e. The summed E-state index contributed by atoms with van der Waals surface area (Å²) in [5.74, 6) is -2.22. The van der Waals surface area contributed by atoms with E-state index < -0.39 is 35.7 Å². The molecule has 0 unspecified atom stereocenters. The standard InChI is InChI=1S/C16H16F3N3O3S/c17-16(18,19)14-9-4-2-1-3-5-11(9)22-15(10(14)6-20)26-8-12(23)21-7-13(24)25/h1-5,7-8H2,(H,21,23)(H,24,25). The monoisotopic (exact) mass is 387 g/mol. The summed E-state index contributed by atoms with van der Waals surface area (Å²) in [7, 11) is 0. The Kier molecular flexibility index (Phi) is 6.47. The van der Waals surface area contributed by atoms with Crippen LogP contribution < -0.4 is 5.32 Å². The van der Waals surface area contributed by atoms with Crippen molar-refractivity contribution in [1.29, 1.82) is 5.26 Å². The average Bonchev–Trinajstić information content (AvgIpc) is 2.80. The van der Waals surface area contributed by atoms with Gasteiger partial charge in [0.1, 0.15) is 17.6 Å². The zero-order valence-corrected chi connectivity index (χ0v) is 14.5. The first-order valence-corrected chi connectivity index (χ1v) is 8.87. The van der Waals surface area contributed by atoms with Crippen LogP contribution in [0.25, 0.3) is 0 Å². The molecule has 2 N–H and O–H groups in total. The van der Waals surface area contributed by atoms with Crippen molar-refractivity contribution in [3.8, 4) is 6.07 Å². The molecule has 6 nitrogen and oxygen atoms in total. The fourth-order valence-electron chi connectivity index (χ4n) is 2.78. The minimum atomic E-state index is -4.69. The first kappa shape index (κ1) is 20.0. The van der Waals surface area contributed by atoms with Crippen LogP contribution >= 0.6 is 11.8 Å². The van der Waals surface area contributed by atoms with Crippen molar-refractivity contribution in [3.05, 3.63) is 22.4 Å². The summed E-state index contributed by atoms with van der Waals surface area (Å²) in [4.78, 5) is 26.3. The lowest BCUT2D eigenvalue weighted by molar-refractivity contribution is -0.139. The zero-order chi connectivity index (χ0) is 19.3. The van der Waals surface area contributed by atoms with E-state index in [9.17, 15) is 28.0 Å². The third-order valence-corrected chi connectivity index (χ3v) is 4.84. The lowest BCUT2D eigenvalue weighted by Crippen LogP contribution is -2.30. The van der Waals surface area contributed by atoms with Crippen LogP contribution in [0.4, 0.5) is 13.2 Å². The second kappa shape index (κ2) is 8.40. The number of nitriles is 1. The maximum atomic E-state index is 13.6. The molecule has 0 fully saturated rings. The van der Waals surface area contributed by atoms with Crippen molar-refractivity contribution in [2.24, 2.45) is 0 Å². The number of aromatic nitrogens is 1. The Morgan fingerprint density at radius 1 is 1.27 bits per heavy atom. The van der Waals surface area contributed by atoms with E-state index in [1.54, 1.807) is 6.07 Å². The van der Waals surface area contributed by atoms with Crippen molar-refractivity contribution < 1.29 is 27.9 Å². The number of nitrogens with one attached hydrogen (secondary N) is 1. The number of halogens is 3. The maximum absolute atomic E-state index is 13.6. The van der Waals surface area contributed by atoms with E-state index in [0.29, 0.717) is 36.7 Å². The molecule has 0 bridgehead atoms. The van der Waals surface area contributed by atoms with Gasteiger partial charge in [0.05, 0.1) is 16.9 Å². The van der Waals surface area contributed by atoms with Crippen LogP contribution in [0, 0.1) is 11.3 Å². The summed E-state index contributed by atoms with van der Waals surface area (Å²) in [6, 6.07) is 1.59. The van der Waals surface area contributed by atoms with Crippen molar-refractivity contribution >= 4 is 23.6 Å². The maximum Gasteiger partial charge on any atom is 0.418 e. The van der Waals surface area contributed by atoms with Gasteiger partial charge in [-0.2, -0.15) is 18.4 Å². The Balaban J connectivity index is 2.37. The summed E-state index contributed by atoms with van der Waals surface area (Å²) >= 11 is 0.703. The SMILES string of the molecule is N#Cc1c(SCC(=O)NCC(=O)O)nc2c(c1C(F)(F)F)CCCCC2. The Labute approximate surface area is 151 Å². The number of hydrogen-bond donors (Lipinski definition) is 2. The number of amides is 1. The number of fused-ring (bicyclic) bond motifs is 1. The Hall–Kier alpha value is -2.28. The number of carbonyl (C=O) groups excluding carboxylic acids is 1. The first-order valence-electron chi connectivity index (χ1n) is 7.88. The minimum Gasteiger partial charge on any atom is -0.480 e. The number of pyridine rings is 1. The van der Waals surface area contributed by atoms with Crippen molar-refractivity contribution in [2.75, 3.05) is 12.3 Å². The third-order valence-electron chi connectivity index (χ3n) is 3.86. The molecule has 0 atom stereocenters. The van der Waals surface area contributed by atoms with Crippen LogP contribution in [0.2, 0.25) is 0 Å². The molecular weight excluding hydrogens is 371 g/mol. The molecule has 1 aromatic heterocycles. The molecule has 0 saturated heterocycles. The van der Waals surface area contributed by atoms with E-state index in [4.69, 9.17) is 5.11 Å². The zero-order valence-electron chi connectivity index (χ0n) is 13.7. The second-order valence-corrected chi connectivity index (χ2v) is 6.69. The Bertz CT molecular complexity index is 760. The highest BCUT2D eigenvalue weighted by atomic mass is 32.2. The van der Waals surface area contributed by atoms with Crippen LogP contribution in [0.5, 0.6) is 0 Å². The van der Waals surface area contributed by atoms with Gasteiger partial charge in [-0.1, -0.05) is 18.2 Å². The molecule has 1 amide bonds. The molecule has 0 radical (unpaired) electrons. The Morgan fingerprint density at radius 2 is 1.96 bits per heavy atom. The van der Waals surface area contributed by atoms with Crippen LogP contribution in [0.15, 0.2) is 5.03 Å². The number of nitrogens with zero attached hydrogens (tertiary/aromatic N) is 2. The van der Waals surface area contributed by atoms with Gasteiger partial charge in [-0.25, -0.2) is 4.98 Å². The third kappa shape index (κ3) is 4.88. The van der Waals surface area contributed by atoms with E-state index in [0.717, 1.165) is 6.42 Å². The van der Waals surface area contributed by atoms with Gasteiger partial charge in [0, 0.05) is 5.69 Å². The predicted octanol–water partition coefficient (Wildman–Crippen LogP) is 2.53. The average molecular weight is 387 g/mol. The first-order chi connectivity index (χ1) is 12.2. The van der Waals surface area contributed by atoms with Crippen molar-refractivity contribution in [2.45, 2.75) is 43.3 Å². The number of aryl methyl sites for hydroxylation is 1. The van der Waals surface area contributed by atoms with Gasteiger partial charge in [-0.05, 0) is 31.2 Å². The van der Waals surface area contributed by atoms with Crippen LogP contribution in [-0.4, -0.2) is 34.3 Å². The van der Waals surface area contributed by atoms with Gasteiger partial charge in [-0.3, -0.25) is 9.59 Å². The molecule has 10 heteroatoms. The lowest BCUT2D eigenvalue weighted by atomic mass is 9.97. The highest BCUT2D eigenvalue weighted by Crippen LogP contribution is 2.40. The molecule has 1 aromatic rings. The van der Waals surface area contributed by atoms with Gasteiger partial charge >= 0.3 is 12.1 Å². The molecule has 0 saturated carbocycles. The van der Waals surface area contributed by atoms with E-state index in [1.165, 1.54) is 0 Å². The molecule has 2 rings (SSSR count). The molecule has 0 spiro atoms. The number of carboxylic acids is 1. The normalized spacial score (nSPS) is 14.1. The summed E-state index contributed by atoms with van der Waals surface area (Å²) in [5, 5.41) is 19.8. The van der Waals surface area contributed by atoms with Gasteiger partial charge in [0.2, 0.25) is 5.91 Å². The quantitative estimate of drug-likeness (QED) is 0.595. The smallest absolute Gasteiger partial charge is 0.418 e. The molecule has 140 valence electrons. The number of carboxylic acid groups (broad SMARTS) is 1. The number of rotatable bonds is 5. The molecule has 0 aromatic carbocycles. The topological polar surface area (TPSA) is 103 Å². The summed E-state index contributed by atoms with van der Waals surface area (Å²) in [6.07, 6.45) is -1.98. The highest BCUT2D eigenvalue weighted by molar-refractivity contribution is 8.00. The van der Waals surface area contributed by atoms with Gasteiger partial charge in [0.15, 0.2) is 0 Å². The predicted molar refractivity (Wildman–Crippen MR) is 86.6 cm³/mol. The van der Waals surface area contributed by atoms with Crippen molar-refractivity contribution in [1.82, 2.24) is 10.3 Å². The molecule has 0 aliphatic heterocycles. The van der Waals surface area contributed by atoms with E-state index in [-0.39, 0.29) is 22.8 Å². The van der Waals surface area contributed by atoms with E-state index >= 15 is 0 Å². The van der Waals surface area contributed by atoms with Crippen LogP contribution in [0.1, 0.15) is 41.6 Å². The summed E-state index contributed by atoms with van der Waals surface area (Å²) < 4.78 is 40.8. The second-order valence-electron chi connectivity index (χ2n) is 5.72. The fourth-order valence-corrected chi connectivity index (χ4v) is 3.61. The summed E-state index contributed by atoms with van der Waals surface area (Å²) in [6.45, 7) is -0.587. The molecule has 1 aliphatic rings. The van der Waals surface area contributed by atoms with Crippen molar-refractivity contribution in [3.63, 3.8) is 0 Å². The number of hydrogen-bond acceptors (Lipinski definition) is 5. The van der Waals surface area contributed by atoms with E-state index in [1.807, 2.05) is 0 Å². The van der Waals surface area contributed by atoms with Crippen LogP contribution in [0.3, 0.4) is 0 Å². The number of aliphatic carboxylic acids is 1. The molecule has 1 aliphatic carbocycles. The number of carbonyl (C=O) groups is 2. The molecule has 1 heterocycles. The van der Waals surface area contributed by atoms with Gasteiger partial charge < -0.3 is 10.4 Å². The number of thioether (sulfide) groups is 1. The highest BCUT2D eigenvalue weighted by Gasteiger charge is 2.39. The molecule has 26 heavy (non-hydrogen) atoms.